The molecule has 1 unspecified atom stereocenters. The van der Waals surface area contributed by atoms with Crippen molar-refractivity contribution in [2.24, 2.45) is 0 Å². The van der Waals surface area contributed by atoms with Gasteiger partial charge in [0, 0.05) is 0 Å². The maximum atomic E-state index is 10.6. The molecule has 2 aromatic rings. The van der Waals surface area contributed by atoms with Gasteiger partial charge in [0.2, 0.25) is 0 Å². The highest BCUT2D eigenvalue weighted by atomic mass is 16.3. The summed E-state index contributed by atoms with van der Waals surface area (Å²) < 4.78 is 0. The predicted molar refractivity (Wildman–Crippen MR) is 80.5 cm³/mol. The van der Waals surface area contributed by atoms with Crippen LogP contribution in [-0.4, -0.2) is 5.11 Å². The van der Waals surface area contributed by atoms with Crippen LogP contribution in [0.5, 0.6) is 0 Å². The predicted octanol–water partition coefficient (Wildman–Crippen LogP) is 4.26. The summed E-state index contributed by atoms with van der Waals surface area (Å²) in [4.78, 5) is 0. The Bertz CT molecular complexity index is 584. The highest BCUT2D eigenvalue weighted by Crippen LogP contribution is 2.27. The molecule has 0 radical (unpaired) electrons. The van der Waals surface area contributed by atoms with Crippen LogP contribution in [0.15, 0.2) is 36.4 Å². The van der Waals surface area contributed by atoms with Crippen LogP contribution in [0.4, 0.5) is 0 Å². The zero-order valence-electron chi connectivity index (χ0n) is 12.2. The van der Waals surface area contributed by atoms with Gasteiger partial charge in [-0.1, -0.05) is 43.3 Å². The summed E-state index contributed by atoms with van der Waals surface area (Å²) in [5.41, 5.74) is 6.90. The number of aryl methyl sites for hydroxylation is 4. The Balaban J connectivity index is 2.43. The van der Waals surface area contributed by atoms with Gasteiger partial charge in [-0.2, -0.15) is 0 Å². The van der Waals surface area contributed by atoms with Gasteiger partial charge in [-0.25, -0.2) is 0 Å². The minimum absolute atomic E-state index is 0.536. The molecule has 0 saturated heterocycles. The van der Waals surface area contributed by atoms with E-state index >= 15 is 0 Å². The monoisotopic (exact) mass is 254 g/mol. The van der Waals surface area contributed by atoms with Crippen LogP contribution in [0.3, 0.4) is 0 Å². The fraction of sp³-hybridized carbons (Fsp3) is 0.333. The van der Waals surface area contributed by atoms with Crippen LogP contribution in [-0.2, 0) is 6.42 Å². The van der Waals surface area contributed by atoms with Crippen LogP contribution in [0.2, 0.25) is 0 Å². The Morgan fingerprint density at radius 2 is 1.63 bits per heavy atom. The molecule has 0 aliphatic carbocycles. The van der Waals surface area contributed by atoms with Crippen LogP contribution < -0.4 is 0 Å². The number of rotatable bonds is 3. The van der Waals surface area contributed by atoms with Gasteiger partial charge in [0.1, 0.15) is 6.10 Å². The quantitative estimate of drug-likeness (QED) is 0.868. The fourth-order valence-corrected chi connectivity index (χ4v) is 2.44. The van der Waals surface area contributed by atoms with Crippen LogP contribution >= 0.6 is 0 Å². The van der Waals surface area contributed by atoms with Crippen LogP contribution in [0.1, 0.15) is 46.4 Å². The Labute approximate surface area is 115 Å². The highest BCUT2D eigenvalue weighted by Gasteiger charge is 2.14. The molecular weight excluding hydrogens is 232 g/mol. The normalized spacial score (nSPS) is 12.5. The SMILES string of the molecule is CCc1cccc(C(O)c2cc(C)c(C)cc2C)c1. The molecule has 0 bridgehead atoms. The van der Waals surface area contributed by atoms with Gasteiger partial charge in [-0.3, -0.25) is 0 Å². The van der Waals surface area contributed by atoms with Crippen molar-refractivity contribution < 1.29 is 5.11 Å². The third kappa shape index (κ3) is 2.87. The molecule has 0 saturated carbocycles. The summed E-state index contributed by atoms with van der Waals surface area (Å²) in [6, 6.07) is 12.5. The van der Waals surface area contributed by atoms with E-state index in [1.807, 2.05) is 12.1 Å². The molecule has 0 aliphatic rings. The lowest BCUT2D eigenvalue weighted by Crippen LogP contribution is -2.04. The third-order valence-electron chi connectivity index (χ3n) is 3.85. The average molecular weight is 254 g/mol. The van der Waals surface area contributed by atoms with Gasteiger partial charge in [0.05, 0.1) is 0 Å². The summed E-state index contributed by atoms with van der Waals surface area (Å²) in [7, 11) is 0. The summed E-state index contributed by atoms with van der Waals surface area (Å²) in [5.74, 6) is 0. The van der Waals surface area contributed by atoms with Crippen molar-refractivity contribution in [3.05, 3.63) is 69.8 Å². The van der Waals surface area contributed by atoms with E-state index in [4.69, 9.17) is 0 Å². The molecule has 2 rings (SSSR count). The minimum atomic E-state index is -0.536. The Morgan fingerprint density at radius 1 is 0.947 bits per heavy atom. The molecule has 0 fully saturated rings. The maximum Gasteiger partial charge on any atom is 0.104 e. The average Bonchev–Trinajstić information content (AvgIpc) is 2.42. The van der Waals surface area contributed by atoms with E-state index in [1.165, 1.54) is 16.7 Å². The second kappa shape index (κ2) is 5.58. The molecule has 0 aliphatic heterocycles. The van der Waals surface area contributed by atoms with Gasteiger partial charge >= 0.3 is 0 Å². The van der Waals surface area contributed by atoms with Gasteiger partial charge in [0.15, 0.2) is 0 Å². The number of aliphatic hydroxyl groups is 1. The molecule has 2 aromatic carbocycles. The largest absolute Gasteiger partial charge is 0.384 e. The maximum absolute atomic E-state index is 10.6. The third-order valence-corrected chi connectivity index (χ3v) is 3.85. The van der Waals surface area contributed by atoms with E-state index in [-0.39, 0.29) is 0 Å². The molecule has 0 heterocycles. The molecular formula is C18H22O. The minimum Gasteiger partial charge on any atom is -0.384 e. The highest BCUT2D eigenvalue weighted by molar-refractivity contribution is 5.42. The lowest BCUT2D eigenvalue weighted by Gasteiger charge is -2.17. The smallest absolute Gasteiger partial charge is 0.104 e. The Morgan fingerprint density at radius 3 is 2.32 bits per heavy atom. The molecule has 0 amide bonds. The molecule has 1 N–H and O–H groups in total. The zero-order chi connectivity index (χ0) is 14.0. The zero-order valence-corrected chi connectivity index (χ0v) is 12.2. The van der Waals surface area contributed by atoms with Gasteiger partial charge in [-0.05, 0) is 60.6 Å². The van der Waals surface area contributed by atoms with Gasteiger partial charge < -0.3 is 5.11 Å². The summed E-state index contributed by atoms with van der Waals surface area (Å²) in [6.45, 7) is 8.39. The van der Waals surface area contributed by atoms with Gasteiger partial charge in [0.25, 0.3) is 0 Å². The van der Waals surface area contributed by atoms with Crippen molar-refractivity contribution in [1.82, 2.24) is 0 Å². The van der Waals surface area contributed by atoms with Crippen molar-refractivity contribution in [2.45, 2.75) is 40.2 Å². The fourth-order valence-electron chi connectivity index (χ4n) is 2.44. The first kappa shape index (κ1) is 13.8. The molecule has 0 aromatic heterocycles. The summed E-state index contributed by atoms with van der Waals surface area (Å²) in [6.07, 6.45) is 0.456. The second-order valence-electron chi connectivity index (χ2n) is 5.29. The van der Waals surface area contributed by atoms with Gasteiger partial charge in [-0.15, -0.1) is 0 Å². The first-order chi connectivity index (χ1) is 9.02. The van der Waals surface area contributed by atoms with Crippen molar-refractivity contribution in [1.29, 1.82) is 0 Å². The second-order valence-corrected chi connectivity index (χ2v) is 5.29. The van der Waals surface area contributed by atoms with E-state index in [1.54, 1.807) is 0 Å². The molecule has 1 nitrogen and oxygen atoms in total. The lowest BCUT2D eigenvalue weighted by molar-refractivity contribution is 0.219. The molecule has 1 atom stereocenters. The first-order valence-electron chi connectivity index (χ1n) is 6.87. The van der Waals surface area contributed by atoms with E-state index in [2.05, 4.69) is 52.0 Å². The molecule has 100 valence electrons. The van der Waals surface area contributed by atoms with Crippen LogP contribution in [0, 0.1) is 20.8 Å². The lowest BCUT2D eigenvalue weighted by atomic mass is 9.93. The molecule has 19 heavy (non-hydrogen) atoms. The van der Waals surface area contributed by atoms with Crippen molar-refractivity contribution in [3.63, 3.8) is 0 Å². The number of aliphatic hydroxyl groups excluding tert-OH is 1. The van der Waals surface area contributed by atoms with E-state index in [0.29, 0.717) is 0 Å². The van der Waals surface area contributed by atoms with E-state index < -0.39 is 6.10 Å². The summed E-state index contributed by atoms with van der Waals surface area (Å²) >= 11 is 0. The van der Waals surface area contributed by atoms with Crippen LogP contribution in [0.25, 0.3) is 0 Å². The number of benzene rings is 2. The Hall–Kier alpha value is -1.60. The molecule has 0 spiro atoms. The Kier molecular flexibility index (Phi) is 4.06. The van der Waals surface area contributed by atoms with E-state index in [9.17, 15) is 5.11 Å². The standard InChI is InChI=1S/C18H22O/c1-5-15-7-6-8-16(11-15)18(19)17-10-13(3)12(2)9-14(17)4/h6-11,18-19H,5H2,1-4H3. The first-order valence-corrected chi connectivity index (χ1v) is 6.87. The number of hydrogen-bond donors (Lipinski definition) is 1. The number of hydrogen-bond acceptors (Lipinski definition) is 1. The van der Waals surface area contributed by atoms with Crippen molar-refractivity contribution in [3.8, 4) is 0 Å². The van der Waals surface area contributed by atoms with Crippen molar-refractivity contribution >= 4 is 0 Å². The summed E-state index contributed by atoms with van der Waals surface area (Å²) in [5, 5.41) is 10.6. The van der Waals surface area contributed by atoms with E-state index in [0.717, 1.165) is 23.1 Å². The molecule has 1 heteroatoms. The van der Waals surface area contributed by atoms with Crippen molar-refractivity contribution in [2.75, 3.05) is 0 Å². The topological polar surface area (TPSA) is 20.2 Å².